The number of carbonyl (C=O) groups is 1. The quantitative estimate of drug-likeness (QED) is 0.694. The van der Waals surface area contributed by atoms with Crippen LogP contribution in [0.1, 0.15) is 10.9 Å². The molecular weight excluding hydrogens is 170 g/mol. The highest BCUT2D eigenvalue weighted by Gasteiger charge is 2.05. The summed E-state index contributed by atoms with van der Waals surface area (Å²) in [5, 5.41) is 0. The van der Waals surface area contributed by atoms with Gasteiger partial charge in [-0.2, -0.15) is 0 Å². The lowest BCUT2D eigenvalue weighted by molar-refractivity contribution is -0.108. The van der Waals surface area contributed by atoms with E-state index in [1.54, 1.807) is 12.1 Å². The maximum absolute atomic E-state index is 10.2. The molecule has 1 aromatic rings. The predicted octanol–water partition coefficient (Wildman–Crippen LogP) is 1.60. The average Bonchev–Trinajstić information content (AvgIpc) is 2.34. The van der Waals surface area contributed by atoms with Crippen molar-refractivity contribution < 1.29 is 4.79 Å². The van der Waals surface area contributed by atoms with Gasteiger partial charge in [0.15, 0.2) is 0 Å². The third-order valence-electron chi connectivity index (χ3n) is 1.07. The van der Waals surface area contributed by atoms with Crippen molar-refractivity contribution in [3.8, 4) is 0 Å². The molecule has 0 aliphatic carbocycles. The summed E-state index contributed by atoms with van der Waals surface area (Å²) in [6.45, 7) is 0. The van der Waals surface area contributed by atoms with Gasteiger partial charge in [-0.1, -0.05) is 11.6 Å². The molecule has 0 spiro atoms. The monoisotopic (exact) mass is 175 g/mol. The molecule has 0 saturated carbocycles. The van der Waals surface area contributed by atoms with E-state index in [9.17, 15) is 4.79 Å². The zero-order valence-electron chi connectivity index (χ0n) is 5.08. The van der Waals surface area contributed by atoms with E-state index in [2.05, 4.69) is 0 Å². The SMILES string of the molecule is NC(C=O)c1ccc(Cl)s1. The van der Waals surface area contributed by atoms with Crippen molar-refractivity contribution >= 4 is 29.2 Å². The molecule has 0 bridgehead atoms. The third-order valence-corrected chi connectivity index (χ3v) is 2.40. The first kappa shape index (κ1) is 7.72. The molecule has 1 aromatic heterocycles. The van der Waals surface area contributed by atoms with Crippen molar-refractivity contribution in [2.75, 3.05) is 0 Å². The Morgan fingerprint density at radius 1 is 1.70 bits per heavy atom. The second-order valence-electron chi connectivity index (χ2n) is 1.80. The molecule has 0 aromatic carbocycles. The Morgan fingerprint density at radius 3 is 2.80 bits per heavy atom. The molecule has 2 N–H and O–H groups in total. The smallest absolute Gasteiger partial charge is 0.142 e. The molecule has 1 rings (SSSR count). The number of thiophene rings is 1. The number of rotatable bonds is 2. The topological polar surface area (TPSA) is 43.1 Å². The van der Waals surface area contributed by atoms with Crippen LogP contribution in [0.25, 0.3) is 0 Å². The van der Waals surface area contributed by atoms with E-state index in [0.717, 1.165) is 4.88 Å². The van der Waals surface area contributed by atoms with Gasteiger partial charge in [0.2, 0.25) is 0 Å². The number of aldehydes is 1. The molecule has 1 heterocycles. The first-order chi connectivity index (χ1) is 4.74. The summed E-state index contributed by atoms with van der Waals surface area (Å²) < 4.78 is 0.660. The number of halogens is 1. The van der Waals surface area contributed by atoms with Crippen LogP contribution in [0.3, 0.4) is 0 Å². The first-order valence-corrected chi connectivity index (χ1v) is 3.89. The number of hydrogen-bond donors (Lipinski definition) is 1. The highest BCUT2D eigenvalue weighted by atomic mass is 35.5. The molecule has 4 heteroatoms. The van der Waals surface area contributed by atoms with Gasteiger partial charge in [0.1, 0.15) is 6.29 Å². The number of hydrogen-bond acceptors (Lipinski definition) is 3. The van der Waals surface area contributed by atoms with E-state index in [1.807, 2.05) is 0 Å². The predicted molar refractivity (Wildman–Crippen MR) is 42.3 cm³/mol. The summed E-state index contributed by atoms with van der Waals surface area (Å²) in [5.41, 5.74) is 5.39. The molecule has 54 valence electrons. The summed E-state index contributed by atoms with van der Waals surface area (Å²) in [6, 6.07) is 2.97. The summed E-state index contributed by atoms with van der Waals surface area (Å²) in [5.74, 6) is 0. The molecule has 0 aliphatic heterocycles. The normalized spacial score (nSPS) is 13.0. The highest BCUT2D eigenvalue weighted by molar-refractivity contribution is 7.16. The van der Waals surface area contributed by atoms with Crippen molar-refractivity contribution in [2.45, 2.75) is 6.04 Å². The molecule has 2 nitrogen and oxygen atoms in total. The van der Waals surface area contributed by atoms with Gasteiger partial charge in [0.25, 0.3) is 0 Å². The van der Waals surface area contributed by atoms with Gasteiger partial charge in [-0.05, 0) is 12.1 Å². The molecule has 0 fully saturated rings. The van der Waals surface area contributed by atoms with Crippen molar-refractivity contribution in [1.29, 1.82) is 0 Å². The largest absolute Gasteiger partial charge is 0.317 e. The van der Waals surface area contributed by atoms with Crippen LogP contribution in [0.15, 0.2) is 12.1 Å². The average molecular weight is 176 g/mol. The Labute approximate surface area is 67.6 Å². The summed E-state index contributed by atoms with van der Waals surface area (Å²) in [6.07, 6.45) is 0.697. The van der Waals surface area contributed by atoms with E-state index < -0.39 is 6.04 Å². The fourth-order valence-electron chi connectivity index (χ4n) is 0.574. The van der Waals surface area contributed by atoms with Crippen LogP contribution >= 0.6 is 22.9 Å². The first-order valence-electron chi connectivity index (χ1n) is 2.70. The van der Waals surface area contributed by atoms with Crippen LogP contribution in [-0.4, -0.2) is 6.29 Å². The van der Waals surface area contributed by atoms with Crippen molar-refractivity contribution in [1.82, 2.24) is 0 Å². The Hall–Kier alpha value is -0.380. The maximum atomic E-state index is 10.2. The molecule has 1 unspecified atom stereocenters. The van der Waals surface area contributed by atoms with Crippen molar-refractivity contribution in [3.63, 3.8) is 0 Å². The summed E-state index contributed by atoms with van der Waals surface area (Å²) >= 11 is 6.94. The third kappa shape index (κ3) is 1.56. The van der Waals surface area contributed by atoms with E-state index in [1.165, 1.54) is 11.3 Å². The van der Waals surface area contributed by atoms with Gasteiger partial charge in [-0.3, -0.25) is 0 Å². The maximum Gasteiger partial charge on any atom is 0.142 e. The minimum atomic E-state index is -0.516. The molecule has 10 heavy (non-hydrogen) atoms. The van der Waals surface area contributed by atoms with Gasteiger partial charge < -0.3 is 10.5 Å². The summed E-state index contributed by atoms with van der Waals surface area (Å²) in [7, 11) is 0. The highest BCUT2D eigenvalue weighted by Crippen LogP contribution is 2.24. The molecule has 0 radical (unpaired) electrons. The Bertz CT molecular complexity index is 235. The zero-order chi connectivity index (χ0) is 7.56. The Morgan fingerprint density at radius 2 is 2.40 bits per heavy atom. The van der Waals surface area contributed by atoms with Crippen LogP contribution in [0.4, 0.5) is 0 Å². The van der Waals surface area contributed by atoms with Gasteiger partial charge in [0.05, 0.1) is 10.4 Å². The minimum Gasteiger partial charge on any atom is -0.317 e. The standard InChI is InChI=1S/C6H6ClNOS/c7-6-2-1-5(10-6)4(8)3-9/h1-4H,8H2. The van der Waals surface area contributed by atoms with E-state index >= 15 is 0 Å². The second kappa shape index (κ2) is 3.14. The van der Waals surface area contributed by atoms with Gasteiger partial charge in [-0.25, -0.2) is 0 Å². The number of nitrogens with two attached hydrogens (primary N) is 1. The van der Waals surface area contributed by atoms with E-state index in [-0.39, 0.29) is 0 Å². The van der Waals surface area contributed by atoms with Crippen LogP contribution in [0.5, 0.6) is 0 Å². The van der Waals surface area contributed by atoms with Crippen LogP contribution in [-0.2, 0) is 4.79 Å². The Balaban J connectivity index is 2.84. The van der Waals surface area contributed by atoms with Gasteiger partial charge in [0, 0.05) is 4.88 Å². The van der Waals surface area contributed by atoms with Gasteiger partial charge in [-0.15, -0.1) is 11.3 Å². The minimum absolute atomic E-state index is 0.516. The van der Waals surface area contributed by atoms with Crippen molar-refractivity contribution in [2.24, 2.45) is 5.73 Å². The van der Waals surface area contributed by atoms with Crippen LogP contribution in [0, 0.1) is 0 Å². The summed E-state index contributed by atoms with van der Waals surface area (Å²) in [4.78, 5) is 11.0. The molecule has 0 amide bonds. The molecule has 0 aliphatic rings. The molecule has 0 saturated heterocycles. The number of carbonyl (C=O) groups excluding carboxylic acids is 1. The Kier molecular flexibility index (Phi) is 2.43. The van der Waals surface area contributed by atoms with Crippen LogP contribution in [0.2, 0.25) is 4.34 Å². The van der Waals surface area contributed by atoms with Gasteiger partial charge >= 0.3 is 0 Å². The van der Waals surface area contributed by atoms with E-state index in [4.69, 9.17) is 17.3 Å². The lowest BCUT2D eigenvalue weighted by Crippen LogP contribution is -2.08. The van der Waals surface area contributed by atoms with Crippen LogP contribution < -0.4 is 5.73 Å². The second-order valence-corrected chi connectivity index (χ2v) is 3.55. The lowest BCUT2D eigenvalue weighted by atomic mass is 10.3. The fraction of sp³-hybridized carbons (Fsp3) is 0.167. The van der Waals surface area contributed by atoms with Crippen molar-refractivity contribution in [3.05, 3.63) is 21.3 Å². The molecule has 1 atom stereocenters. The van der Waals surface area contributed by atoms with E-state index in [0.29, 0.717) is 10.6 Å². The zero-order valence-corrected chi connectivity index (χ0v) is 6.65. The lowest BCUT2D eigenvalue weighted by Gasteiger charge is -1.95. The fourth-order valence-corrected chi connectivity index (χ4v) is 1.59. The molecular formula is C6H6ClNOS.